The van der Waals surface area contributed by atoms with Crippen molar-refractivity contribution < 1.29 is 9.53 Å². The van der Waals surface area contributed by atoms with Gasteiger partial charge in [0, 0.05) is 33.2 Å². The molecule has 0 bridgehead atoms. The molecule has 0 aliphatic carbocycles. The number of hydrogen-bond donors (Lipinski definition) is 0. The topological polar surface area (TPSA) is 29.5 Å². The van der Waals surface area contributed by atoms with E-state index in [1.54, 1.807) is 14.0 Å². The Hall–Kier alpha value is -0.410. The lowest BCUT2D eigenvalue weighted by molar-refractivity contribution is -0.117. The van der Waals surface area contributed by atoms with Gasteiger partial charge in [0.2, 0.25) is 0 Å². The van der Waals surface area contributed by atoms with Crippen LogP contribution in [0.1, 0.15) is 19.8 Å². The number of methoxy groups -OCH3 is 1. The van der Waals surface area contributed by atoms with E-state index < -0.39 is 0 Å². The first-order chi connectivity index (χ1) is 5.66. The Labute approximate surface area is 74.7 Å². The molecule has 0 aliphatic rings. The zero-order valence-corrected chi connectivity index (χ0v) is 8.30. The summed E-state index contributed by atoms with van der Waals surface area (Å²) in [7, 11) is 3.73. The fraction of sp³-hybridized carbons (Fsp3) is 0.889. The van der Waals surface area contributed by atoms with Crippen LogP contribution in [0.2, 0.25) is 0 Å². The molecule has 0 amide bonds. The molecule has 0 N–H and O–H groups in total. The number of Topliss-reactive ketones (excluding diaryl/α,β-unsaturated/α-hetero) is 1. The van der Waals surface area contributed by atoms with Crippen LogP contribution in [0.5, 0.6) is 0 Å². The first kappa shape index (κ1) is 11.6. The standard InChI is InChI=1S/C9H19NO2/c1-9(11)5-7-10(2)6-4-8-12-3/h4-8H2,1-3H3. The molecule has 0 aromatic heterocycles. The highest BCUT2D eigenvalue weighted by Crippen LogP contribution is 1.91. The molecule has 0 fully saturated rings. The molecule has 0 aromatic carbocycles. The van der Waals surface area contributed by atoms with Crippen molar-refractivity contribution in [2.45, 2.75) is 19.8 Å². The predicted molar refractivity (Wildman–Crippen MR) is 49.3 cm³/mol. The summed E-state index contributed by atoms with van der Waals surface area (Å²) < 4.78 is 4.92. The van der Waals surface area contributed by atoms with Gasteiger partial charge in [0.1, 0.15) is 5.78 Å². The van der Waals surface area contributed by atoms with Crippen LogP contribution in [-0.2, 0) is 9.53 Å². The van der Waals surface area contributed by atoms with E-state index in [4.69, 9.17) is 4.74 Å². The summed E-state index contributed by atoms with van der Waals surface area (Å²) in [6.45, 7) is 4.29. The zero-order valence-electron chi connectivity index (χ0n) is 8.30. The molecule has 0 saturated heterocycles. The summed E-state index contributed by atoms with van der Waals surface area (Å²) in [6, 6.07) is 0. The van der Waals surface area contributed by atoms with Crippen molar-refractivity contribution in [3.8, 4) is 0 Å². The molecule has 0 unspecified atom stereocenters. The van der Waals surface area contributed by atoms with Gasteiger partial charge in [-0.1, -0.05) is 0 Å². The third-order valence-corrected chi connectivity index (χ3v) is 1.73. The van der Waals surface area contributed by atoms with Crippen LogP contribution in [0, 0.1) is 0 Å². The van der Waals surface area contributed by atoms with Crippen molar-refractivity contribution >= 4 is 5.78 Å². The third-order valence-electron chi connectivity index (χ3n) is 1.73. The molecule has 0 aromatic rings. The van der Waals surface area contributed by atoms with Gasteiger partial charge in [0.25, 0.3) is 0 Å². The molecule has 0 atom stereocenters. The zero-order chi connectivity index (χ0) is 9.40. The van der Waals surface area contributed by atoms with Crippen molar-refractivity contribution in [1.82, 2.24) is 4.90 Å². The van der Waals surface area contributed by atoms with E-state index in [1.807, 2.05) is 7.05 Å². The largest absolute Gasteiger partial charge is 0.385 e. The number of nitrogens with zero attached hydrogens (tertiary/aromatic N) is 1. The Morgan fingerprint density at radius 3 is 2.58 bits per heavy atom. The average molecular weight is 173 g/mol. The Bertz CT molecular complexity index is 126. The number of hydrogen-bond acceptors (Lipinski definition) is 3. The molecular formula is C9H19NO2. The van der Waals surface area contributed by atoms with E-state index in [1.165, 1.54) is 0 Å². The number of ketones is 1. The van der Waals surface area contributed by atoms with Crippen LogP contribution in [0.4, 0.5) is 0 Å². The third kappa shape index (κ3) is 7.69. The van der Waals surface area contributed by atoms with E-state index in [0.717, 1.165) is 26.1 Å². The normalized spacial score (nSPS) is 10.7. The summed E-state index contributed by atoms with van der Waals surface area (Å²) in [5.74, 6) is 0.258. The fourth-order valence-electron chi connectivity index (χ4n) is 0.939. The molecule has 0 heterocycles. The van der Waals surface area contributed by atoms with E-state index in [-0.39, 0.29) is 5.78 Å². The maximum absolute atomic E-state index is 10.6. The van der Waals surface area contributed by atoms with Crippen LogP contribution >= 0.6 is 0 Å². The highest BCUT2D eigenvalue weighted by atomic mass is 16.5. The lowest BCUT2D eigenvalue weighted by atomic mass is 10.3. The summed E-state index contributed by atoms with van der Waals surface area (Å²) in [4.78, 5) is 12.8. The second kappa shape index (κ2) is 7.25. The summed E-state index contributed by atoms with van der Waals surface area (Å²) in [5, 5.41) is 0. The number of carbonyl (C=O) groups is 1. The number of carbonyl (C=O) groups excluding carboxylic acids is 1. The van der Waals surface area contributed by atoms with Gasteiger partial charge in [-0.25, -0.2) is 0 Å². The average Bonchev–Trinajstić information content (AvgIpc) is 2.01. The fourth-order valence-corrected chi connectivity index (χ4v) is 0.939. The minimum atomic E-state index is 0.258. The van der Waals surface area contributed by atoms with Gasteiger partial charge in [-0.05, 0) is 20.4 Å². The Kier molecular flexibility index (Phi) is 7.00. The van der Waals surface area contributed by atoms with Gasteiger partial charge in [0.15, 0.2) is 0 Å². The quantitative estimate of drug-likeness (QED) is 0.536. The van der Waals surface area contributed by atoms with E-state index in [2.05, 4.69) is 4.90 Å². The Balaban J connectivity index is 3.21. The van der Waals surface area contributed by atoms with Gasteiger partial charge in [-0.15, -0.1) is 0 Å². The van der Waals surface area contributed by atoms with Gasteiger partial charge in [0.05, 0.1) is 0 Å². The molecule has 0 saturated carbocycles. The molecule has 3 nitrogen and oxygen atoms in total. The lowest BCUT2D eigenvalue weighted by Crippen LogP contribution is -2.23. The molecule has 0 spiro atoms. The van der Waals surface area contributed by atoms with Crippen molar-refractivity contribution in [2.24, 2.45) is 0 Å². The predicted octanol–water partition coefficient (Wildman–Crippen LogP) is 0.934. The second-order valence-electron chi connectivity index (χ2n) is 3.10. The maximum Gasteiger partial charge on any atom is 0.131 e. The van der Waals surface area contributed by atoms with Crippen LogP contribution in [0.15, 0.2) is 0 Å². The first-order valence-corrected chi connectivity index (χ1v) is 4.33. The SMILES string of the molecule is COCCCN(C)CCC(C)=O. The molecule has 0 aliphatic heterocycles. The van der Waals surface area contributed by atoms with Gasteiger partial charge >= 0.3 is 0 Å². The van der Waals surface area contributed by atoms with Crippen molar-refractivity contribution in [3.63, 3.8) is 0 Å². The Morgan fingerprint density at radius 1 is 1.42 bits per heavy atom. The van der Waals surface area contributed by atoms with Crippen molar-refractivity contribution in [1.29, 1.82) is 0 Å². The summed E-state index contributed by atoms with van der Waals surface area (Å²) in [6.07, 6.45) is 1.69. The molecule has 72 valence electrons. The van der Waals surface area contributed by atoms with Crippen LogP contribution in [0.3, 0.4) is 0 Å². The second-order valence-corrected chi connectivity index (χ2v) is 3.10. The molecule has 12 heavy (non-hydrogen) atoms. The van der Waals surface area contributed by atoms with Crippen LogP contribution in [0.25, 0.3) is 0 Å². The monoisotopic (exact) mass is 173 g/mol. The smallest absolute Gasteiger partial charge is 0.131 e. The lowest BCUT2D eigenvalue weighted by Gasteiger charge is -2.14. The molecule has 0 rings (SSSR count). The number of ether oxygens (including phenoxy) is 1. The van der Waals surface area contributed by atoms with E-state index in [0.29, 0.717) is 6.42 Å². The molecule has 3 heteroatoms. The van der Waals surface area contributed by atoms with Gasteiger partial charge in [-0.3, -0.25) is 4.79 Å². The highest BCUT2D eigenvalue weighted by molar-refractivity contribution is 5.75. The highest BCUT2D eigenvalue weighted by Gasteiger charge is 1.99. The van der Waals surface area contributed by atoms with Crippen molar-refractivity contribution in [3.05, 3.63) is 0 Å². The van der Waals surface area contributed by atoms with Crippen molar-refractivity contribution in [2.75, 3.05) is 33.9 Å². The van der Waals surface area contributed by atoms with E-state index >= 15 is 0 Å². The van der Waals surface area contributed by atoms with Gasteiger partial charge in [-0.2, -0.15) is 0 Å². The minimum absolute atomic E-state index is 0.258. The maximum atomic E-state index is 10.6. The Morgan fingerprint density at radius 2 is 2.08 bits per heavy atom. The molecule has 0 radical (unpaired) electrons. The van der Waals surface area contributed by atoms with E-state index in [9.17, 15) is 4.79 Å². The first-order valence-electron chi connectivity index (χ1n) is 4.33. The van der Waals surface area contributed by atoms with Crippen LogP contribution < -0.4 is 0 Å². The number of rotatable bonds is 7. The minimum Gasteiger partial charge on any atom is -0.385 e. The molecular weight excluding hydrogens is 154 g/mol. The van der Waals surface area contributed by atoms with Crippen LogP contribution in [-0.4, -0.2) is 44.5 Å². The van der Waals surface area contributed by atoms with Gasteiger partial charge < -0.3 is 9.64 Å². The summed E-state index contributed by atoms with van der Waals surface area (Å²) in [5.41, 5.74) is 0. The summed E-state index contributed by atoms with van der Waals surface area (Å²) >= 11 is 0.